The number of aromatic nitrogens is 6. The molecule has 2 N–H and O–H groups in total. The molecule has 0 aliphatic carbocycles. The maximum atomic E-state index is 4.45. The minimum atomic E-state index is 0.536. The van der Waals surface area contributed by atoms with E-state index >= 15 is 0 Å². The van der Waals surface area contributed by atoms with Gasteiger partial charge in [-0.2, -0.15) is 10.1 Å². The Balaban J connectivity index is 2.07. The van der Waals surface area contributed by atoms with Crippen LogP contribution in [-0.4, -0.2) is 37.2 Å². The first-order valence-electron chi connectivity index (χ1n) is 6.04. The third-order valence-corrected chi connectivity index (χ3v) is 3.52. The van der Waals surface area contributed by atoms with Crippen molar-refractivity contribution in [3.05, 3.63) is 23.7 Å². The summed E-state index contributed by atoms with van der Waals surface area (Å²) in [6, 6.07) is 1.94. The SMILES string of the molecule is CNc1nc(Sc2nc(C)cc(C)n2)c2cn[nH]c2n1. The predicted octanol–water partition coefficient (Wildman–Crippen LogP) is 1.95. The van der Waals surface area contributed by atoms with Crippen molar-refractivity contribution in [1.29, 1.82) is 0 Å². The summed E-state index contributed by atoms with van der Waals surface area (Å²) in [5.41, 5.74) is 2.56. The van der Waals surface area contributed by atoms with Crippen molar-refractivity contribution < 1.29 is 0 Å². The molecule has 3 aromatic heterocycles. The van der Waals surface area contributed by atoms with Gasteiger partial charge in [0.1, 0.15) is 5.03 Å². The lowest BCUT2D eigenvalue weighted by Crippen LogP contribution is -1.99. The van der Waals surface area contributed by atoms with Gasteiger partial charge in [0.15, 0.2) is 10.8 Å². The summed E-state index contributed by atoms with van der Waals surface area (Å²) in [6.07, 6.45) is 1.71. The van der Waals surface area contributed by atoms with Crippen LogP contribution >= 0.6 is 11.8 Å². The zero-order chi connectivity index (χ0) is 14.1. The Morgan fingerprint density at radius 2 is 1.85 bits per heavy atom. The third-order valence-electron chi connectivity index (χ3n) is 2.65. The Morgan fingerprint density at radius 3 is 2.55 bits per heavy atom. The van der Waals surface area contributed by atoms with E-state index in [9.17, 15) is 0 Å². The fourth-order valence-corrected chi connectivity index (χ4v) is 2.77. The molecular weight excluding hydrogens is 274 g/mol. The Labute approximate surface area is 119 Å². The van der Waals surface area contributed by atoms with Crippen molar-refractivity contribution in [2.45, 2.75) is 24.0 Å². The maximum absolute atomic E-state index is 4.45. The van der Waals surface area contributed by atoms with Crippen LogP contribution in [0.3, 0.4) is 0 Å². The van der Waals surface area contributed by atoms with Crippen molar-refractivity contribution in [3.63, 3.8) is 0 Å². The lowest BCUT2D eigenvalue weighted by atomic mass is 10.4. The van der Waals surface area contributed by atoms with E-state index in [4.69, 9.17) is 0 Å². The first-order chi connectivity index (χ1) is 9.65. The van der Waals surface area contributed by atoms with Crippen LogP contribution in [0.25, 0.3) is 11.0 Å². The molecule has 0 aliphatic heterocycles. The van der Waals surface area contributed by atoms with Crippen LogP contribution in [0.15, 0.2) is 22.4 Å². The molecule has 0 radical (unpaired) electrons. The second-order valence-corrected chi connectivity index (χ2v) is 5.23. The molecule has 8 heteroatoms. The number of nitrogens with one attached hydrogen (secondary N) is 2. The van der Waals surface area contributed by atoms with Gasteiger partial charge in [-0.15, -0.1) is 0 Å². The Morgan fingerprint density at radius 1 is 1.10 bits per heavy atom. The van der Waals surface area contributed by atoms with Crippen LogP contribution in [0.5, 0.6) is 0 Å². The molecule has 0 bridgehead atoms. The molecule has 0 unspecified atom stereocenters. The van der Waals surface area contributed by atoms with E-state index in [1.165, 1.54) is 11.8 Å². The number of fused-ring (bicyclic) bond motifs is 1. The van der Waals surface area contributed by atoms with E-state index in [1.807, 2.05) is 19.9 Å². The number of aromatic amines is 1. The zero-order valence-electron chi connectivity index (χ0n) is 11.3. The van der Waals surface area contributed by atoms with E-state index < -0.39 is 0 Å². The predicted molar refractivity (Wildman–Crippen MR) is 76.9 cm³/mol. The van der Waals surface area contributed by atoms with Crippen molar-refractivity contribution >= 4 is 28.7 Å². The number of rotatable bonds is 3. The van der Waals surface area contributed by atoms with E-state index in [1.54, 1.807) is 13.2 Å². The summed E-state index contributed by atoms with van der Waals surface area (Å²) < 4.78 is 0. The largest absolute Gasteiger partial charge is 0.357 e. The van der Waals surface area contributed by atoms with Gasteiger partial charge in [-0.3, -0.25) is 5.10 Å². The topological polar surface area (TPSA) is 92.3 Å². The van der Waals surface area contributed by atoms with Gasteiger partial charge < -0.3 is 5.32 Å². The molecular formula is C12H13N7S. The van der Waals surface area contributed by atoms with Crippen LogP contribution in [0.1, 0.15) is 11.4 Å². The van der Waals surface area contributed by atoms with Crippen LogP contribution in [-0.2, 0) is 0 Å². The lowest BCUT2D eigenvalue weighted by Gasteiger charge is -2.05. The van der Waals surface area contributed by atoms with Crippen LogP contribution in [0.2, 0.25) is 0 Å². The summed E-state index contributed by atoms with van der Waals surface area (Å²) in [5, 5.41) is 12.1. The van der Waals surface area contributed by atoms with Gasteiger partial charge in [-0.25, -0.2) is 15.0 Å². The van der Waals surface area contributed by atoms with Crippen LogP contribution in [0.4, 0.5) is 5.95 Å². The average molecular weight is 287 g/mol. The molecule has 102 valence electrons. The molecule has 0 fully saturated rings. The highest BCUT2D eigenvalue weighted by atomic mass is 32.2. The van der Waals surface area contributed by atoms with Crippen molar-refractivity contribution in [1.82, 2.24) is 30.1 Å². The second kappa shape index (κ2) is 5.04. The molecule has 0 aromatic carbocycles. The van der Waals surface area contributed by atoms with Crippen molar-refractivity contribution in [2.75, 3.05) is 12.4 Å². The average Bonchev–Trinajstić information content (AvgIpc) is 2.85. The van der Waals surface area contributed by atoms with Gasteiger partial charge >= 0.3 is 0 Å². The zero-order valence-corrected chi connectivity index (χ0v) is 12.1. The molecule has 3 heterocycles. The van der Waals surface area contributed by atoms with E-state index in [0.717, 1.165) is 21.8 Å². The van der Waals surface area contributed by atoms with Gasteiger partial charge in [0, 0.05) is 18.4 Å². The highest BCUT2D eigenvalue weighted by molar-refractivity contribution is 7.99. The monoisotopic (exact) mass is 287 g/mol. The molecule has 0 saturated carbocycles. The molecule has 0 amide bonds. The Kier molecular flexibility index (Phi) is 3.23. The number of H-pyrrole nitrogens is 1. The third kappa shape index (κ3) is 2.42. The highest BCUT2D eigenvalue weighted by Crippen LogP contribution is 2.29. The Bertz CT molecular complexity index is 747. The Hall–Kier alpha value is -2.22. The number of anilines is 1. The van der Waals surface area contributed by atoms with Crippen LogP contribution in [0, 0.1) is 13.8 Å². The first kappa shape index (κ1) is 12.8. The number of nitrogens with zero attached hydrogens (tertiary/aromatic N) is 5. The lowest BCUT2D eigenvalue weighted by molar-refractivity contribution is 0.899. The minimum absolute atomic E-state index is 0.536. The quantitative estimate of drug-likeness (QED) is 0.562. The van der Waals surface area contributed by atoms with E-state index in [-0.39, 0.29) is 0 Å². The molecule has 0 saturated heterocycles. The smallest absolute Gasteiger partial charge is 0.225 e. The molecule has 7 nitrogen and oxygen atoms in total. The van der Waals surface area contributed by atoms with Gasteiger partial charge in [0.2, 0.25) is 5.95 Å². The van der Waals surface area contributed by atoms with Gasteiger partial charge in [-0.05, 0) is 31.7 Å². The molecule has 20 heavy (non-hydrogen) atoms. The van der Waals surface area contributed by atoms with E-state index in [0.29, 0.717) is 16.8 Å². The highest BCUT2D eigenvalue weighted by Gasteiger charge is 2.12. The summed E-state index contributed by atoms with van der Waals surface area (Å²) in [6.45, 7) is 3.90. The van der Waals surface area contributed by atoms with Gasteiger partial charge in [-0.1, -0.05) is 0 Å². The standard InChI is InChI=1S/C12H13N7S/c1-6-4-7(2)16-12(15-6)20-10-8-5-14-19-9(8)17-11(13-3)18-10/h4-5H,1-3H3,(H2,13,14,17,18,19). The van der Waals surface area contributed by atoms with Crippen molar-refractivity contribution in [2.24, 2.45) is 0 Å². The minimum Gasteiger partial charge on any atom is -0.357 e. The van der Waals surface area contributed by atoms with Gasteiger partial charge in [0.25, 0.3) is 0 Å². The number of aryl methyl sites for hydroxylation is 2. The second-order valence-electron chi connectivity index (χ2n) is 4.27. The maximum Gasteiger partial charge on any atom is 0.225 e. The van der Waals surface area contributed by atoms with Gasteiger partial charge in [0.05, 0.1) is 11.6 Å². The summed E-state index contributed by atoms with van der Waals surface area (Å²) in [7, 11) is 1.78. The molecule has 0 atom stereocenters. The summed E-state index contributed by atoms with van der Waals surface area (Å²) in [5.74, 6) is 0.536. The van der Waals surface area contributed by atoms with E-state index in [2.05, 4.69) is 35.5 Å². The fraction of sp³-hybridized carbons (Fsp3) is 0.250. The van der Waals surface area contributed by atoms with Crippen molar-refractivity contribution in [3.8, 4) is 0 Å². The number of hydrogen-bond acceptors (Lipinski definition) is 7. The summed E-state index contributed by atoms with van der Waals surface area (Å²) >= 11 is 1.41. The summed E-state index contributed by atoms with van der Waals surface area (Å²) in [4.78, 5) is 17.6. The normalized spacial score (nSPS) is 10.9. The first-order valence-corrected chi connectivity index (χ1v) is 6.86. The number of hydrogen-bond donors (Lipinski definition) is 2. The fourth-order valence-electron chi connectivity index (χ4n) is 1.82. The molecule has 0 aliphatic rings. The molecule has 3 aromatic rings. The van der Waals surface area contributed by atoms with Crippen LogP contribution < -0.4 is 5.32 Å². The molecule has 3 rings (SSSR count). The molecule has 0 spiro atoms.